The quantitative estimate of drug-likeness (QED) is 0.783. The average molecular weight is 377 g/mol. The van der Waals surface area contributed by atoms with E-state index in [1.54, 1.807) is 30.3 Å². The number of carbonyl (C=O) groups excluding carboxylic acids is 2. The molecular formula is C18H14Cl2N2O3. The summed E-state index contributed by atoms with van der Waals surface area (Å²) in [5, 5.41) is 12.5. The third-order valence-electron chi connectivity index (χ3n) is 3.29. The number of hydrogen-bond acceptors (Lipinski definition) is 4. The zero-order valence-corrected chi connectivity index (χ0v) is 14.6. The number of benzene rings is 2. The first-order valence-electron chi connectivity index (χ1n) is 7.37. The maximum atomic E-state index is 11.8. The van der Waals surface area contributed by atoms with Gasteiger partial charge in [0.2, 0.25) is 0 Å². The Labute approximate surface area is 155 Å². The summed E-state index contributed by atoms with van der Waals surface area (Å²) in [6, 6.07) is 13.2. The number of nitrogens with zero attached hydrogens (tertiary/aromatic N) is 1. The van der Waals surface area contributed by atoms with E-state index in [1.165, 1.54) is 12.1 Å². The summed E-state index contributed by atoms with van der Waals surface area (Å²) in [5.41, 5.74) is 1.43. The molecule has 5 nitrogen and oxygen atoms in total. The third kappa shape index (κ3) is 5.79. The topological polar surface area (TPSA) is 79.2 Å². The fourth-order valence-corrected chi connectivity index (χ4v) is 2.55. The van der Waals surface area contributed by atoms with Gasteiger partial charge in [0.1, 0.15) is 0 Å². The molecule has 0 aromatic heterocycles. The molecule has 0 bridgehead atoms. The van der Waals surface area contributed by atoms with Crippen molar-refractivity contribution >= 4 is 35.1 Å². The first-order valence-corrected chi connectivity index (χ1v) is 8.13. The van der Waals surface area contributed by atoms with Gasteiger partial charge in [-0.1, -0.05) is 35.3 Å². The standard InChI is InChI=1S/C18H14Cl2N2O3/c19-15-5-4-13(16(20)9-15)6-7-22-17(23)11-25-18(24)14-3-1-2-12(8-14)10-21/h1-5,8-9H,6-7,11H2,(H,22,23). The predicted molar refractivity (Wildman–Crippen MR) is 94.6 cm³/mol. The SMILES string of the molecule is N#Cc1cccc(C(=O)OCC(=O)NCCc2ccc(Cl)cc2Cl)c1. The van der Waals surface area contributed by atoms with Gasteiger partial charge in [-0.25, -0.2) is 4.79 Å². The Kier molecular flexibility index (Phi) is 6.81. The number of carbonyl (C=O) groups is 2. The number of halogens is 2. The van der Waals surface area contributed by atoms with E-state index in [4.69, 9.17) is 33.2 Å². The lowest BCUT2D eigenvalue weighted by molar-refractivity contribution is -0.124. The van der Waals surface area contributed by atoms with E-state index in [-0.39, 0.29) is 5.56 Å². The van der Waals surface area contributed by atoms with Crippen LogP contribution in [0, 0.1) is 11.3 Å². The molecule has 0 fully saturated rings. The molecule has 2 rings (SSSR count). The van der Waals surface area contributed by atoms with Crippen molar-refractivity contribution in [3.8, 4) is 6.07 Å². The van der Waals surface area contributed by atoms with Gasteiger partial charge < -0.3 is 10.1 Å². The van der Waals surface area contributed by atoms with Gasteiger partial charge in [0, 0.05) is 16.6 Å². The van der Waals surface area contributed by atoms with Crippen LogP contribution >= 0.6 is 23.2 Å². The highest BCUT2D eigenvalue weighted by Crippen LogP contribution is 2.21. The van der Waals surface area contributed by atoms with Gasteiger partial charge >= 0.3 is 5.97 Å². The Bertz CT molecular complexity index is 831. The summed E-state index contributed by atoms with van der Waals surface area (Å²) in [7, 11) is 0. The van der Waals surface area contributed by atoms with Crippen LogP contribution in [0.2, 0.25) is 10.0 Å². The summed E-state index contributed by atoms with van der Waals surface area (Å²) in [4.78, 5) is 23.6. The Morgan fingerprint density at radius 3 is 2.68 bits per heavy atom. The van der Waals surface area contributed by atoms with E-state index >= 15 is 0 Å². The van der Waals surface area contributed by atoms with Gasteiger partial charge in [0.25, 0.3) is 5.91 Å². The molecular weight excluding hydrogens is 363 g/mol. The van der Waals surface area contributed by atoms with Crippen LogP contribution in [0.4, 0.5) is 0 Å². The number of nitriles is 1. The molecule has 0 radical (unpaired) electrons. The Balaban J connectivity index is 1.76. The third-order valence-corrected chi connectivity index (χ3v) is 3.88. The van der Waals surface area contributed by atoms with Crippen molar-refractivity contribution in [2.45, 2.75) is 6.42 Å². The molecule has 0 unspecified atom stereocenters. The highest BCUT2D eigenvalue weighted by molar-refractivity contribution is 6.35. The molecule has 0 saturated carbocycles. The van der Waals surface area contributed by atoms with E-state index in [2.05, 4.69) is 5.32 Å². The Morgan fingerprint density at radius 2 is 1.96 bits per heavy atom. The molecule has 0 saturated heterocycles. The van der Waals surface area contributed by atoms with Crippen molar-refractivity contribution in [2.24, 2.45) is 0 Å². The van der Waals surface area contributed by atoms with Gasteiger partial charge in [-0.15, -0.1) is 0 Å². The number of ether oxygens (including phenoxy) is 1. The van der Waals surface area contributed by atoms with Crippen LogP contribution in [0.3, 0.4) is 0 Å². The lowest BCUT2D eigenvalue weighted by atomic mass is 10.1. The number of rotatable bonds is 6. The van der Waals surface area contributed by atoms with Crippen LogP contribution in [0.25, 0.3) is 0 Å². The van der Waals surface area contributed by atoms with E-state index in [0.29, 0.717) is 28.6 Å². The van der Waals surface area contributed by atoms with Crippen LogP contribution in [0.1, 0.15) is 21.5 Å². The molecule has 2 aromatic carbocycles. The lowest BCUT2D eigenvalue weighted by Gasteiger charge is -2.08. The minimum Gasteiger partial charge on any atom is -0.452 e. The van der Waals surface area contributed by atoms with Crippen molar-refractivity contribution in [2.75, 3.05) is 13.2 Å². The van der Waals surface area contributed by atoms with Crippen molar-refractivity contribution in [3.63, 3.8) is 0 Å². The van der Waals surface area contributed by atoms with Crippen LogP contribution in [-0.4, -0.2) is 25.0 Å². The molecule has 0 aliphatic rings. The predicted octanol–water partition coefficient (Wildman–Crippen LogP) is 3.38. The first kappa shape index (κ1) is 18.8. The van der Waals surface area contributed by atoms with E-state index < -0.39 is 18.5 Å². The fourth-order valence-electron chi connectivity index (χ4n) is 2.04. The molecule has 0 aliphatic carbocycles. The highest BCUT2D eigenvalue weighted by atomic mass is 35.5. The van der Waals surface area contributed by atoms with Crippen LogP contribution < -0.4 is 5.32 Å². The maximum Gasteiger partial charge on any atom is 0.338 e. The molecule has 1 N–H and O–H groups in total. The van der Waals surface area contributed by atoms with Gasteiger partial charge in [-0.05, 0) is 42.3 Å². The summed E-state index contributed by atoms with van der Waals surface area (Å²) in [5.74, 6) is -1.08. The van der Waals surface area contributed by atoms with Crippen molar-refractivity contribution < 1.29 is 14.3 Å². The largest absolute Gasteiger partial charge is 0.452 e. The van der Waals surface area contributed by atoms with Gasteiger partial charge in [-0.2, -0.15) is 5.26 Å². The van der Waals surface area contributed by atoms with Gasteiger partial charge in [-0.3, -0.25) is 4.79 Å². The highest BCUT2D eigenvalue weighted by Gasteiger charge is 2.11. The lowest BCUT2D eigenvalue weighted by Crippen LogP contribution is -2.30. The molecule has 2 aromatic rings. The minimum atomic E-state index is -0.659. The van der Waals surface area contributed by atoms with Crippen LogP contribution in [0.5, 0.6) is 0 Å². The normalized spacial score (nSPS) is 9.96. The molecule has 7 heteroatoms. The van der Waals surface area contributed by atoms with Crippen LogP contribution in [0.15, 0.2) is 42.5 Å². The first-order chi connectivity index (χ1) is 12.0. The number of amides is 1. The second-order valence-corrected chi connectivity index (χ2v) is 5.95. The summed E-state index contributed by atoms with van der Waals surface area (Å²) in [6.07, 6.45) is 0.528. The number of hydrogen-bond donors (Lipinski definition) is 1. The summed E-state index contributed by atoms with van der Waals surface area (Å²) >= 11 is 11.9. The Hall–Kier alpha value is -2.55. The maximum absolute atomic E-state index is 11.8. The molecule has 0 aliphatic heterocycles. The molecule has 0 atom stereocenters. The fraction of sp³-hybridized carbons (Fsp3) is 0.167. The molecule has 0 heterocycles. The van der Waals surface area contributed by atoms with Crippen LogP contribution in [-0.2, 0) is 16.0 Å². The molecule has 25 heavy (non-hydrogen) atoms. The number of nitrogens with one attached hydrogen (secondary N) is 1. The van der Waals surface area contributed by atoms with Crippen molar-refractivity contribution in [1.82, 2.24) is 5.32 Å². The molecule has 128 valence electrons. The Morgan fingerprint density at radius 1 is 1.16 bits per heavy atom. The van der Waals surface area contributed by atoms with Gasteiger partial charge in [0.15, 0.2) is 6.61 Å². The second-order valence-electron chi connectivity index (χ2n) is 5.10. The zero-order chi connectivity index (χ0) is 18.2. The van der Waals surface area contributed by atoms with Crippen molar-refractivity contribution in [1.29, 1.82) is 5.26 Å². The summed E-state index contributed by atoms with van der Waals surface area (Å²) < 4.78 is 4.93. The number of esters is 1. The zero-order valence-electron chi connectivity index (χ0n) is 13.1. The smallest absolute Gasteiger partial charge is 0.338 e. The van der Waals surface area contributed by atoms with E-state index in [9.17, 15) is 9.59 Å². The van der Waals surface area contributed by atoms with Gasteiger partial charge in [0.05, 0.1) is 17.2 Å². The molecule has 1 amide bonds. The minimum absolute atomic E-state index is 0.222. The monoisotopic (exact) mass is 376 g/mol. The van der Waals surface area contributed by atoms with E-state index in [0.717, 1.165) is 5.56 Å². The summed E-state index contributed by atoms with van der Waals surface area (Å²) in [6.45, 7) is -0.0500. The van der Waals surface area contributed by atoms with Crippen molar-refractivity contribution in [3.05, 3.63) is 69.2 Å². The average Bonchev–Trinajstić information content (AvgIpc) is 2.61. The molecule has 0 spiro atoms. The second kappa shape index (κ2) is 9.07. The van der Waals surface area contributed by atoms with E-state index in [1.807, 2.05) is 6.07 Å².